The van der Waals surface area contributed by atoms with Gasteiger partial charge in [0.05, 0.1) is 17.3 Å². The normalized spacial score (nSPS) is 15.5. The van der Waals surface area contributed by atoms with Gasteiger partial charge in [-0.1, -0.05) is 30.8 Å². The molecule has 1 aliphatic rings. The number of rotatable bonds is 5. The molecule has 1 aliphatic heterocycles. The number of para-hydroxylation sites is 1. The zero-order valence-corrected chi connectivity index (χ0v) is 15.4. The number of hydrogen-bond donors (Lipinski definition) is 2. The zero-order chi connectivity index (χ0) is 18.8. The molecule has 1 unspecified atom stereocenters. The molecular weight excluding hydrogens is 352 g/mol. The Bertz CT molecular complexity index is 939. The van der Waals surface area contributed by atoms with Crippen LogP contribution in [0.3, 0.4) is 0 Å². The summed E-state index contributed by atoms with van der Waals surface area (Å²) in [7, 11) is 0. The zero-order valence-electron chi connectivity index (χ0n) is 14.6. The lowest BCUT2D eigenvalue weighted by molar-refractivity contribution is -0.116. The second-order valence-corrected chi connectivity index (χ2v) is 7.10. The molecule has 0 fully saturated rings. The summed E-state index contributed by atoms with van der Waals surface area (Å²) in [5.74, 6) is -0.270. The Labute approximate surface area is 155 Å². The fourth-order valence-corrected chi connectivity index (χ4v) is 4.28. The molecule has 0 saturated heterocycles. The van der Waals surface area contributed by atoms with Crippen LogP contribution in [0.5, 0.6) is 0 Å². The Morgan fingerprint density at radius 1 is 1.38 bits per heavy atom. The lowest BCUT2D eigenvalue weighted by atomic mass is 10.1. The number of nitrogens with one attached hydrogen (secondary N) is 1. The minimum Gasteiger partial charge on any atom is -0.366 e. The van der Waals surface area contributed by atoms with E-state index in [1.54, 1.807) is 28.8 Å². The molecule has 8 heteroatoms. The summed E-state index contributed by atoms with van der Waals surface area (Å²) in [4.78, 5) is 41.2. The molecule has 0 aliphatic carbocycles. The van der Waals surface area contributed by atoms with E-state index < -0.39 is 5.91 Å². The van der Waals surface area contributed by atoms with E-state index >= 15 is 0 Å². The van der Waals surface area contributed by atoms with Crippen molar-refractivity contribution in [1.82, 2.24) is 9.55 Å². The Balaban J connectivity index is 1.82. The average Bonchev–Trinajstić information content (AvgIpc) is 2.98. The van der Waals surface area contributed by atoms with Gasteiger partial charge in [0, 0.05) is 23.4 Å². The van der Waals surface area contributed by atoms with Gasteiger partial charge in [-0.25, -0.2) is 4.98 Å². The van der Waals surface area contributed by atoms with Crippen LogP contribution in [0.2, 0.25) is 0 Å². The number of hydrogen-bond acceptors (Lipinski definition) is 5. The number of nitrogens with zero attached hydrogens (tertiary/aromatic N) is 2. The smallest absolute Gasteiger partial charge is 0.257 e. The van der Waals surface area contributed by atoms with Crippen LogP contribution in [0.1, 0.15) is 41.0 Å². The van der Waals surface area contributed by atoms with Crippen LogP contribution in [0.15, 0.2) is 34.2 Å². The molecule has 3 N–H and O–H groups in total. The van der Waals surface area contributed by atoms with Gasteiger partial charge in [0.15, 0.2) is 5.16 Å². The first-order chi connectivity index (χ1) is 12.4. The summed E-state index contributed by atoms with van der Waals surface area (Å²) in [6.45, 7) is 3.76. The van der Waals surface area contributed by atoms with Crippen LogP contribution in [-0.2, 0) is 11.2 Å². The molecule has 0 radical (unpaired) electrons. The maximum Gasteiger partial charge on any atom is 0.257 e. The minimum atomic E-state index is -0.605. The Hall–Kier alpha value is -2.61. The highest BCUT2D eigenvalue weighted by atomic mass is 32.2. The van der Waals surface area contributed by atoms with Crippen LogP contribution in [0, 0.1) is 6.92 Å². The number of benzene rings is 1. The van der Waals surface area contributed by atoms with E-state index in [0.29, 0.717) is 28.6 Å². The molecule has 0 bridgehead atoms. The van der Waals surface area contributed by atoms with Gasteiger partial charge < -0.3 is 11.1 Å². The summed E-state index contributed by atoms with van der Waals surface area (Å²) >= 11 is 1.48. The predicted molar refractivity (Wildman–Crippen MR) is 101 cm³/mol. The van der Waals surface area contributed by atoms with Crippen molar-refractivity contribution in [3.63, 3.8) is 0 Å². The summed E-state index contributed by atoms with van der Waals surface area (Å²) in [5.41, 5.74) is 7.32. The van der Waals surface area contributed by atoms with E-state index in [2.05, 4.69) is 10.3 Å². The van der Waals surface area contributed by atoms with Gasteiger partial charge in [-0.05, 0) is 25.5 Å². The molecule has 1 atom stereocenters. The second-order valence-electron chi connectivity index (χ2n) is 6.11. The van der Waals surface area contributed by atoms with E-state index in [9.17, 15) is 14.4 Å². The fourth-order valence-electron chi connectivity index (χ4n) is 3.10. The molecule has 7 nitrogen and oxygen atoms in total. The maximum absolute atomic E-state index is 12.7. The Morgan fingerprint density at radius 2 is 2.12 bits per heavy atom. The third-order valence-electron chi connectivity index (χ3n) is 4.39. The van der Waals surface area contributed by atoms with Crippen molar-refractivity contribution >= 4 is 29.3 Å². The van der Waals surface area contributed by atoms with Crippen molar-refractivity contribution in [2.45, 2.75) is 37.9 Å². The van der Waals surface area contributed by atoms with Crippen LogP contribution >= 0.6 is 11.8 Å². The highest BCUT2D eigenvalue weighted by molar-refractivity contribution is 7.99. The lowest BCUT2D eigenvalue weighted by Crippen LogP contribution is -2.30. The summed E-state index contributed by atoms with van der Waals surface area (Å²) in [6, 6.07) is 6.32. The van der Waals surface area contributed by atoms with E-state index in [1.165, 1.54) is 11.8 Å². The summed E-state index contributed by atoms with van der Waals surface area (Å²) in [6.07, 6.45) is 0.731. The molecular formula is C18H20N4O3S. The number of aryl methyl sites for hydroxylation is 1. The monoisotopic (exact) mass is 372 g/mol. The van der Waals surface area contributed by atoms with Gasteiger partial charge in [0.2, 0.25) is 5.91 Å². The molecule has 2 heterocycles. The van der Waals surface area contributed by atoms with Crippen LogP contribution in [0.4, 0.5) is 5.69 Å². The molecule has 136 valence electrons. The SMILES string of the molecule is CCc1c(C)nc2n(c1=O)C(CC(=O)Nc1ccccc1C(N)=O)CS2. The molecule has 0 spiro atoms. The number of thioether (sulfide) groups is 1. The standard InChI is InChI=1S/C18H20N4O3S/c1-3-12-10(2)20-18-22(17(12)25)11(9-26-18)8-15(23)21-14-7-5-4-6-13(14)16(19)24/h4-7,11H,3,8-9H2,1-2H3,(H2,19,24)(H,21,23). The molecule has 2 aromatic rings. The van der Waals surface area contributed by atoms with Gasteiger partial charge in [-0.15, -0.1) is 0 Å². The number of amides is 2. The maximum atomic E-state index is 12.7. The quantitative estimate of drug-likeness (QED) is 0.780. The fraction of sp³-hybridized carbons (Fsp3) is 0.333. The van der Waals surface area contributed by atoms with E-state index in [1.807, 2.05) is 13.8 Å². The molecule has 0 saturated carbocycles. The number of carbonyl (C=O) groups excluding carboxylic acids is 2. The van der Waals surface area contributed by atoms with Crippen molar-refractivity contribution in [2.24, 2.45) is 5.73 Å². The van der Waals surface area contributed by atoms with E-state index in [-0.39, 0.29) is 29.5 Å². The topological polar surface area (TPSA) is 107 Å². The summed E-state index contributed by atoms with van der Waals surface area (Å²) in [5, 5.41) is 3.38. The van der Waals surface area contributed by atoms with Gasteiger partial charge >= 0.3 is 0 Å². The number of primary amides is 1. The number of carbonyl (C=O) groups is 2. The predicted octanol–water partition coefficient (Wildman–Crippen LogP) is 1.89. The first-order valence-electron chi connectivity index (χ1n) is 8.35. The third-order valence-corrected chi connectivity index (χ3v) is 5.49. The second kappa shape index (κ2) is 7.33. The minimum absolute atomic E-state index is 0.0738. The Kier molecular flexibility index (Phi) is 5.13. The average molecular weight is 372 g/mol. The molecule has 3 rings (SSSR count). The van der Waals surface area contributed by atoms with Crippen molar-refractivity contribution in [2.75, 3.05) is 11.1 Å². The number of fused-ring (bicyclic) bond motifs is 1. The number of aromatic nitrogens is 2. The molecule has 26 heavy (non-hydrogen) atoms. The van der Waals surface area contributed by atoms with E-state index in [0.717, 1.165) is 5.69 Å². The molecule has 1 aromatic carbocycles. The number of anilines is 1. The van der Waals surface area contributed by atoms with Gasteiger partial charge in [0.25, 0.3) is 11.5 Å². The van der Waals surface area contributed by atoms with Crippen molar-refractivity contribution in [3.05, 3.63) is 51.4 Å². The number of nitrogens with two attached hydrogens (primary N) is 1. The first kappa shape index (κ1) is 18.2. The summed E-state index contributed by atoms with van der Waals surface area (Å²) < 4.78 is 1.62. The van der Waals surface area contributed by atoms with Crippen LogP contribution in [0.25, 0.3) is 0 Å². The third kappa shape index (κ3) is 3.37. The van der Waals surface area contributed by atoms with Gasteiger partial charge in [-0.3, -0.25) is 19.0 Å². The molecule has 2 amide bonds. The Morgan fingerprint density at radius 3 is 2.81 bits per heavy atom. The van der Waals surface area contributed by atoms with Gasteiger partial charge in [-0.2, -0.15) is 0 Å². The van der Waals surface area contributed by atoms with Crippen LogP contribution in [-0.4, -0.2) is 27.1 Å². The molecule has 1 aromatic heterocycles. The highest BCUT2D eigenvalue weighted by Gasteiger charge is 2.29. The van der Waals surface area contributed by atoms with E-state index in [4.69, 9.17) is 5.73 Å². The van der Waals surface area contributed by atoms with Crippen molar-refractivity contribution < 1.29 is 9.59 Å². The van der Waals surface area contributed by atoms with Crippen LogP contribution < -0.4 is 16.6 Å². The van der Waals surface area contributed by atoms with Gasteiger partial charge in [0.1, 0.15) is 0 Å². The van der Waals surface area contributed by atoms with Crippen molar-refractivity contribution in [3.8, 4) is 0 Å². The lowest BCUT2D eigenvalue weighted by Gasteiger charge is -2.15. The highest BCUT2D eigenvalue weighted by Crippen LogP contribution is 2.33. The largest absolute Gasteiger partial charge is 0.366 e. The first-order valence-corrected chi connectivity index (χ1v) is 9.34. The van der Waals surface area contributed by atoms with Crippen molar-refractivity contribution in [1.29, 1.82) is 0 Å².